The minimum absolute atomic E-state index is 0.127. The fourth-order valence-electron chi connectivity index (χ4n) is 6.82. The van der Waals surface area contributed by atoms with Gasteiger partial charge in [0.2, 0.25) is 0 Å². The molecule has 8 aromatic carbocycles. The monoisotopic (exact) mass is 510 g/mol. The van der Waals surface area contributed by atoms with Crippen LogP contribution in [0.1, 0.15) is 26.3 Å². The molecule has 0 saturated heterocycles. The van der Waals surface area contributed by atoms with Crippen molar-refractivity contribution in [2.24, 2.45) is 0 Å². The SMILES string of the molecule is CC(C)(C)c1ccc(-c2c3ccccc3c(-c3ccc4ccc5cccc6ccc3c4c56)c3ccccc23)cc1. The fourth-order valence-corrected chi connectivity index (χ4v) is 6.82. The van der Waals surface area contributed by atoms with Crippen molar-refractivity contribution in [1.82, 2.24) is 0 Å². The van der Waals surface area contributed by atoms with Gasteiger partial charge in [0.15, 0.2) is 0 Å². The highest BCUT2D eigenvalue weighted by Crippen LogP contribution is 2.47. The fraction of sp³-hybridized carbons (Fsp3) is 0.100. The number of rotatable bonds is 2. The van der Waals surface area contributed by atoms with Gasteiger partial charge in [-0.25, -0.2) is 0 Å². The maximum atomic E-state index is 2.34. The van der Waals surface area contributed by atoms with Crippen molar-refractivity contribution in [2.75, 3.05) is 0 Å². The van der Waals surface area contributed by atoms with Gasteiger partial charge in [-0.3, -0.25) is 0 Å². The Kier molecular flexibility index (Phi) is 4.88. The molecule has 0 nitrogen and oxygen atoms in total. The Morgan fingerprint density at radius 3 is 1.45 bits per heavy atom. The molecule has 0 heteroatoms. The second-order valence-corrected chi connectivity index (χ2v) is 12.1. The second-order valence-electron chi connectivity index (χ2n) is 12.1. The number of hydrogen-bond acceptors (Lipinski definition) is 0. The van der Waals surface area contributed by atoms with Crippen LogP contribution in [0.25, 0.3) is 76.1 Å². The molecule has 8 aromatic rings. The third-order valence-corrected chi connectivity index (χ3v) is 8.77. The van der Waals surface area contributed by atoms with Gasteiger partial charge in [-0.05, 0) is 87.1 Å². The van der Waals surface area contributed by atoms with Crippen LogP contribution in [-0.4, -0.2) is 0 Å². The van der Waals surface area contributed by atoms with E-state index < -0.39 is 0 Å². The van der Waals surface area contributed by atoms with Gasteiger partial charge < -0.3 is 0 Å². The van der Waals surface area contributed by atoms with Crippen LogP contribution in [0.4, 0.5) is 0 Å². The van der Waals surface area contributed by atoms with Crippen molar-refractivity contribution in [2.45, 2.75) is 26.2 Å². The van der Waals surface area contributed by atoms with Gasteiger partial charge in [-0.2, -0.15) is 0 Å². The Morgan fingerprint density at radius 1 is 0.375 bits per heavy atom. The summed E-state index contributed by atoms with van der Waals surface area (Å²) in [6.45, 7) is 6.83. The first-order chi connectivity index (χ1) is 19.5. The summed E-state index contributed by atoms with van der Waals surface area (Å²) in [6.07, 6.45) is 0. The molecular formula is C40H30. The van der Waals surface area contributed by atoms with Crippen molar-refractivity contribution in [3.8, 4) is 22.3 Å². The molecule has 0 saturated carbocycles. The van der Waals surface area contributed by atoms with Crippen LogP contribution in [0.3, 0.4) is 0 Å². The Bertz CT molecular complexity index is 2150. The molecule has 0 radical (unpaired) electrons. The number of benzene rings is 8. The second kappa shape index (κ2) is 8.41. The van der Waals surface area contributed by atoms with Crippen LogP contribution in [-0.2, 0) is 5.41 Å². The molecule has 40 heavy (non-hydrogen) atoms. The molecule has 0 spiro atoms. The highest BCUT2D eigenvalue weighted by Gasteiger charge is 2.20. The molecule has 0 amide bonds. The largest absolute Gasteiger partial charge is 0.0616 e. The van der Waals surface area contributed by atoms with E-state index >= 15 is 0 Å². The van der Waals surface area contributed by atoms with Crippen molar-refractivity contribution < 1.29 is 0 Å². The van der Waals surface area contributed by atoms with Gasteiger partial charge >= 0.3 is 0 Å². The molecule has 0 unspecified atom stereocenters. The van der Waals surface area contributed by atoms with E-state index in [1.54, 1.807) is 0 Å². The summed E-state index contributed by atoms with van der Waals surface area (Å²) in [5, 5.41) is 13.1. The summed E-state index contributed by atoms with van der Waals surface area (Å²) in [4.78, 5) is 0. The van der Waals surface area contributed by atoms with E-state index in [-0.39, 0.29) is 5.41 Å². The summed E-state index contributed by atoms with van der Waals surface area (Å²) >= 11 is 0. The molecule has 0 bridgehead atoms. The van der Waals surface area contributed by atoms with E-state index in [2.05, 4.69) is 148 Å². The Balaban J connectivity index is 1.50. The van der Waals surface area contributed by atoms with E-state index in [4.69, 9.17) is 0 Å². The van der Waals surface area contributed by atoms with E-state index in [0.29, 0.717) is 0 Å². The lowest BCUT2D eigenvalue weighted by atomic mass is 9.82. The average molecular weight is 511 g/mol. The van der Waals surface area contributed by atoms with E-state index in [9.17, 15) is 0 Å². The summed E-state index contributed by atoms with van der Waals surface area (Å²) in [6, 6.07) is 47.6. The molecule has 0 fully saturated rings. The molecule has 8 rings (SSSR count). The zero-order valence-corrected chi connectivity index (χ0v) is 23.1. The Labute approximate surface area is 234 Å². The van der Waals surface area contributed by atoms with Gasteiger partial charge in [-0.15, -0.1) is 0 Å². The van der Waals surface area contributed by atoms with E-state index in [0.717, 1.165) is 0 Å². The maximum Gasteiger partial charge on any atom is -0.00201 e. The van der Waals surface area contributed by atoms with Crippen molar-refractivity contribution >= 4 is 53.9 Å². The summed E-state index contributed by atoms with van der Waals surface area (Å²) in [7, 11) is 0. The predicted octanol–water partition coefficient (Wildman–Crippen LogP) is 11.5. The summed E-state index contributed by atoms with van der Waals surface area (Å²) in [5.41, 5.74) is 6.68. The highest BCUT2D eigenvalue weighted by atomic mass is 14.2. The van der Waals surface area contributed by atoms with Gasteiger partial charge in [-0.1, -0.05) is 148 Å². The quantitative estimate of drug-likeness (QED) is 0.160. The van der Waals surface area contributed by atoms with Crippen molar-refractivity contribution in [3.63, 3.8) is 0 Å². The Morgan fingerprint density at radius 2 is 0.875 bits per heavy atom. The molecule has 0 aliphatic heterocycles. The van der Waals surface area contributed by atoms with Crippen LogP contribution < -0.4 is 0 Å². The minimum atomic E-state index is 0.127. The highest BCUT2D eigenvalue weighted by molar-refractivity contribution is 6.29. The van der Waals surface area contributed by atoms with E-state index in [1.807, 2.05) is 0 Å². The third-order valence-electron chi connectivity index (χ3n) is 8.77. The first-order valence-corrected chi connectivity index (χ1v) is 14.2. The molecule has 0 heterocycles. The molecule has 190 valence electrons. The van der Waals surface area contributed by atoms with Crippen LogP contribution in [0.15, 0.2) is 127 Å². The van der Waals surface area contributed by atoms with Crippen LogP contribution in [0.2, 0.25) is 0 Å². The first kappa shape index (κ1) is 23.2. The average Bonchev–Trinajstić information content (AvgIpc) is 2.98. The van der Waals surface area contributed by atoms with Crippen molar-refractivity contribution in [1.29, 1.82) is 0 Å². The molecule has 0 atom stereocenters. The minimum Gasteiger partial charge on any atom is -0.0616 e. The van der Waals surface area contributed by atoms with Gasteiger partial charge in [0.05, 0.1) is 0 Å². The van der Waals surface area contributed by atoms with Crippen molar-refractivity contribution in [3.05, 3.63) is 133 Å². The third kappa shape index (κ3) is 3.32. The zero-order chi connectivity index (χ0) is 27.0. The topological polar surface area (TPSA) is 0 Å². The molecule has 0 aromatic heterocycles. The molecule has 0 aliphatic carbocycles. The summed E-state index contributed by atoms with van der Waals surface area (Å²) in [5.74, 6) is 0. The lowest BCUT2D eigenvalue weighted by molar-refractivity contribution is 0.590. The van der Waals surface area contributed by atoms with Crippen LogP contribution >= 0.6 is 0 Å². The Hall–Kier alpha value is -4.68. The smallest absolute Gasteiger partial charge is 0.00201 e. The maximum absolute atomic E-state index is 2.34. The van der Waals surface area contributed by atoms with Gasteiger partial charge in [0, 0.05) is 0 Å². The number of fused-ring (bicyclic) bond motifs is 2. The van der Waals surface area contributed by atoms with Gasteiger partial charge in [0.1, 0.15) is 0 Å². The molecular weight excluding hydrogens is 480 g/mol. The summed E-state index contributed by atoms with van der Waals surface area (Å²) < 4.78 is 0. The molecule has 0 aliphatic rings. The normalized spacial score (nSPS) is 12.4. The van der Waals surface area contributed by atoms with Crippen LogP contribution in [0.5, 0.6) is 0 Å². The number of hydrogen-bond donors (Lipinski definition) is 0. The predicted molar refractivity (Wildman–Crippen MR) is 175 cm³/mol. The molecule has 0 N–H and O–H groups in total. The first-order valence-electron chi connectivity index (χ1n) is 14.2. The van der Waals surface area contributed by atoms with Gasteiger partial charge in [0.25, 0.3) is 0 Å². The van der Waals surface area contributed by atoms with E-state index in [1.165, 1.54) is 81.7 Å². The zero-order valence-electron chi connectivity index (χ0n) is 23.1. The lowest BCUT2D eigenvalue weighted by Gasteiger charge is -2.21. The van der Waals surface area contributed by atoms with Crippen LogP contribution in [0, 0.1) is 0 Å². The standard InChI is InChI=1S/C40H30/c1-40(2,3)29-21-17-27(18-22-29)37-30-11-4-6-13-32(30)39(33-14-7-5-12-31(33)37)35-24-20-28-16-15-25-9-8-10-26-19-23-34(35)38(28)36(25)26/h4-24H,1-3H3. The lowest BCUT2D eigenvalue weighted by Crippen LogP contribution is -2.10.